The Morgan fingerprint density at radius 2 is 0.744 bits per heavy atom. The standard InChI is InChI=1S/C15H28.2C12H24/c1-12-3-7-14(8-4-12)11-15-9-5-13(2)6-10-15;2*1-6-12(5)8-10(2)7-11(3,4)9-12/h12-15H,3-11H2,1-2H3;2*10H,6-9H2,1-5H3. The fraction of sp³-hybridized carbons (Fsp3) is 1.00. The zero-order chi connectivity index (χ0) is 29.5. The molecule has 39 heavy (non-hydrogen) atoms. The van der Waals surface area contributed by atoms with Crippen LogP contribution in [-0.4, -0.2) is 0 Å². The van der Waals surface area contributed by atoms with Gasteiger partial charge in [-0.3, -0.25) is 0 Å². The Morgan fingerprint density at radius 3 is 1.00 bits per heavy atom. The minimum atomic E-state index is 0.586. The summed E-state index contributed by atoms with van der Waals surface area (Å²) in [5, 5.41) is 0. The van der Waals surface area contributed by atoms with Crippen molar-refractivity contribution in [2.75, 3.05) is 0 Å². The predicted molar refractivity (Wildman–Crippen MR) is 177 cm³/mol. The summed E-state index contributed by atoms with van der Waals surface area (Å²) in [6.07, 6.45) is 25.0. The molecule has 4 atom stereocenters. The molecule has 0 aromatic carbocycles. The van der Waals surface area contributed by atoms with E-state index in [4.69, 9.17) is 0 Å². The van der Waals surface area contributed by atoms with Crippen molar-refractivity contribution >= 4 is 0 Å². The van der Waals surface area contributed by atoms with Crippen molar-refractivity contribution in [1.29, 1.82) is 0 Å². The van der Waals surface area contributed by atoms with E-state index >= 15 is 0 Å². The van der Waals surface area contributed by atoms with Crippen LogP contribution in [0.5, 0.6) is 0 Å². The lowest BCUT2D eigenvalue weighted by molar-refractivity contribution is 0.0578. The molecule has 0 saturated heterocycles. The maximum Gasteiger partial charge on any atom is -0.0321 e. The van der Waals surface area contributed by atoms with Gasteiger partial charge >= 0.3 is 0 Å². The second-order valence-electron chi connectivity index (χ2n) is 18.5. The number of hydrogen-bond acceptors (Lipinski definition) is 0. The highest BCUT2D eigenvalue weighted by Crippen LogP contribution is 2.51. The molecule has 4 unspecified atom stereocenters. The molecule has 0 heterocycles. The molecule has 4 fully saturated rings. The summed E-state index contributed by atoms with van der Waals surface area (Å²) in [5.41, 5.74) is 2.42. The molecule has 4 saturated carbocycles. The highest BCUT2D eigenvalue weighted by Gasteiger charge is 2.39. The maximum absolute atomic E-state index is 2.46. The minimum absolute atomic E-state index is 0.586. The lowest BCUT2D eigenvalue weighted by Gasteiger charge is -2.45. The van der Waals surface area contributed by atoms with Crippen LogP contribution in [-0.2, 0) is 0 Å². The van der Waals surface area contributed by atoms with Crippen LogP contribution in [0, 0.1) is 57.2 Å². The topological polar surface area (TPSA) is 0 Å². The van der Waals surface area contributed by atoms with E-state index in [1.807, 2.05) is 0 Å². The first kappa shape index (κ1) is 35.2. The summed E-state index contributed by atoms with van der Waals surface area (Å²) in [6, 6.07) is 0. The third-order valence-electron chi connectivity index (χ3n) is 11.9. The van der Waals surface area contributed by atoms with Crippen molar-refractivity contribution in [2.24, 2.45) is 57.2 Å². The number of rotatable bonds is 4. The molecular weight excluding hydrogens is 468 g/mol. The Balaban J connectivity index is 0.000000207. The second kappa shape index (κ2) is 14.9. The van der Waals surface area contributed by atoms with Gasteiger partial charge in [-0.1, -0.05) is 147 Å². The predicted octanol–water partition coefficient (Wildman–Crippen LogP) is 13.5. The molecule has 0 bridgehead atoms. The van der Waals surface area contributed by atoms with Gasteiger partial charge in [0.25, 0.3) is 0 Å². The summed E-state index contributed by atoms with van der Waals surface area (Å²) in [4.78, 5) is 0. The van der Waals surface area contributed by atoms with Crippen molar-refractivity contribution < 1.29 is 0 Å². The van der Waals surface area contributed by atoms with Crippen molar-refractivity contribution in [1.82, 2.24) is 0 Å². The molecule has 0 heteroatoms. The molecule has 0 aromatic heterocycles. The quantitative estimate of drug-likeness (QED) is 0.330. The lowest BCUT2D eigenvalue weighted by atomic mass is 9.60. The van der Waals surface area contributed by atoms with Gasteiger partial charge in [-0.05, 0) is 102 Å². The summed E-state index contributed by atoms with van der Waals surface area (Å²) in [5.74, 6) is 6.09. The van der Waals surface area contributed by atoms with Crippen LogP contribution in [0.25, 0.3) is 0 Å². The summed E-state index contributed by atoms with van der Waals surface area (Å²) in [6.45, 7) is 29.0. The van der Waals surface area contributed by atoms with Crippen molar-refractivity contribution in [2.45, 2.75) is 192 Å². The van der Waals surface area contributed by atoms with Gasteiger partial charge < -0.3 is 0 Å². The van der Waals surface area contributed by atoms with Gasteiger partial charge in [0.2, 0.25) is 0 Å². The van der Waals surface area contributed by atoms with E-state index in [0.29, 0.717) is 21.7 Å². The van der Waals surface area contributed by atoms with E-state index in [-0.39, 0.29) is 0 Å². The van der Waals surface area contributed by atoms with Crippen LogP contribution >= 0.6 is 0 Å². The highest BCUT2D eigenvalue weighted by atomic mass is 14.4. The van der Waals surface area contributed by atoms with E-state index in [0.717, 1.165) is 35.5 Å². The molecule has 0 aliphatic heterocycles. The van der Waals surface area contributed by atoms with Gasteiger partial charge in [-0.15, -0.1) is 0 Å². The Morgan fingerprint density at radius 1 is 0.436 bits per heavy atom. The Bertz CT molecular complexity index is 612. The first-order valence-corrected chi connectivity index (χ1v) is 18.0. The molecule has 4 aliphatic rings. The molecule has 0 spiro atoms. The van der Waals surface area contributed by atoms with E-state index < -0.39 is 0 Å². The van der Waals surface area contributed by atoms with Crippen LogP contribution in [0.4, 0.5) is 0 Å². The smallest absolute Gasteiger partial charge is 0.0321 e. The van der Waals surface area contributed by atoms with Gasteiger partial charge in [0.1, 0.15) is 0 Å². The molecule has 0 radical (unpaired) electrons. The fourth-order valence-electron chi connectivity index (χ4n) is 10.5. The highest BCUT2D eigenvalue weighted by molar-refractivity contribution is 4.90. The summed E-state index contributed by atoms with van der Waals surface area (Å²) < 4.78 is 0. The molecule has 0 nitrogen and oxygen atoms in total. The number of hydrogen-bond donors (Lipinski definition) is 0. The molecule has 0 amide bonds. The van der Waals surface area contributed by atoms with Crippen LogP contribution < -0.4 is 0 Å². The third kappa shape index (κ3) is 12.8. The van der Waals surface area contributed by atoms with Gasteiger partial charge in [0.05, 0.1) is 0 Å². The second-order valence-corrected chi connectivity index (χ2v) is 18.5. The molecule has 4 rings (SSSR count). The van der Waals surface area contributed by atoms with E-state index in [1.54, 1.807) is 6.42 Å². The van der Waals surface area contributed by atoms with Gasteiger partial charge in [-0.2, -0.15) is 0 Å². The van der Waals surface area contributed by atoms with Crippen LogP contribution in [0.2, 0.25) is 0 Å². The van der Waals surface area contributed by atoms with Crippen LogP contribution in [0.3, 0.4) is 0 Å². The first-order valence-electron chi connectivity index (χ1n) is 18.0. The monoisotopic (exact) mass is 545 g/mol. The van der Waals surface area contributed by atoms with Crippen molar-refractivity contribution in [3.8, 4) is 0 Å². The maximum atomic E-state index is 2.46. The average Bonchev–Trinajstić information content (AvgIpc) is 2.80. The Labute approximate surface area is 249 Å². The van der Waals surface area contributed by atoms with Gasteiger partial charge in [0, 0.05) is 0 Å². The third-order valence-corrected chi connectivity index (χ3v) is 11.9. The van der Waals surface area contributed by atoms with E-state index in [2.05, 4.69) is 83.1 Å². The van der Waals surface area contributed by atoms with Gasteiger partial charge in [0.15, 0.2) is 0 Å². The zero-order valence-electron chi connectivity index (χ0n) is 29.5. The summed E-state index contributed by atoms with van der Waals surface area (Å²) in [7, 11) is 0. The van der Waals surface area contributed by atoms with Crippen LogP contribution in [0.1, 0.15) is 192 Å². The van der Waals surface area contributed by atoms with Crippen molar-refractivity contribution in [3.05, 3.63) is 0 Å². The Hall–Kier alpha value is 0. The molecule has 0 aromatic rings. The van der Waals surface area contributed by atoms with E-state index in [1.165, 1.54) is 103 Å². The van der Waals surface area contributed by atoms with Crippen molar-refractivity contribution in [3.63, 3.8) is 0 Å². The van der Waals surface area contributed by atoms with E-state index in [9.17, 15) is 0 Å². The lowest BCUT2D eigenvalue weighted by Crippen LogP contribution is -2.34. The zero-order valence-corrected chi connectivity index (χ0v) is 29.5. The Kier molecular flexibility index (Phi) is 13.5. The largest absolute Gasteiger partial charge is 0.0649 e. The van der Waals surface area contributed by atoms with Crippen LogP contribution in [0.15, 0.2) is 0 Å². The molecule has 4 aliphatic carbocycles. The SMILES string of the molecule is CC1CCC(CC2CCC(C)CC2)CC1.CCC1(C)CC(C)CC(C)(C)C1.CCC1(C)CC(C)CC(C)(C)C1. The molecule has 0 N–H and O–H groups in total. The molecular formula is C39H76. The summed E-state index contributed by atoms with van der Waals surface area (Å²) >= 11 is 0. The average molecular weight is 545 g/mol. The normalized spacial score (nSPS) is 41.8. The minimum Gasteiger partial charge on any atom is -0.0649 e. The molecule has 232 valence electrons. The van der Waals surface area contributed by atoms with Gasteiger partial charge in [-0.25, -0.2) is 0 Å². The fourth-order valence-corrected chi connectivity index (χ4v) is 10.5. The first-order chi connectivity index (χ1) is 18.0.